The highest BCUT2D eigenvalue weighted by atomic mass is 15.2. The first kappa shape index (κ1) is 34.3. The van der Waals surface area contributed by atoms with Crippen molar-refractivity contribution in [3.8, 4) is 5.69 Å². The SMILES string of the molecule is CC(N=C(/N=C(\N)c1ccccc1)n1c2c(c3ccccc31)CC(n1c3cccc4ccc5cc6c7ccccc7n(-c7ccccc7)c6c1c5c43)C=C2)c1ccccn1. The summed E-state index contributed by atoms with van der Waals surface area (Å²) >= 11 is 0. The summed E-state index contributed by atoms with van der Waals surface area (Å²) in [6.45, 7) is 2.06. The van der Waals surface area contributed by atoms with Gasteiger partial charge in [-0.25, -0.2) is 4.99 Å². The molecule has 2 unspecified atom stereocenters. The third-order valence-corrected chi connectivity index (χ3v) is 12.4. The topological polar surface area (TPSA) is 78.4 Å². The van der Waals surface area contributed by atoms with Gasteiger partial charge in [-0.05, 0) is 84.3 Å². The lowest BCUT2D eigenvalue weighted by atomic mass is 9.96. The first-order chi connectivity index (χ1) is 29.6. The molecule has 0 aliphatic heterocycles. The van der Waals surface area contributed by atoms with Crippen LogP contribution in [-0.4, -0.2) is 30.5 Å². The number of aromatic nitrogens is 4. The van der Waals surface area contributed by atoms with Crippen LogP contribution >= 0.6 is 0 Å². The smallest absolute Gasteiger partial charge is 0.232 e. The summed E-state index contributed by atoms with van der Waals surface area (Å²) in [5.41, 5.74) is 17.9. The van der Waals surface area contributed by atoms with Crippen LogP contribution in [0.15, 0.2) is 186 Å². The average molecular weight is 774 g/mol. The normalized spacial score (nSPS) is 15.3. The molecule has 7 heteroatoms. The molecule has 0 spiro atoms. The second kappa shape index (κ2) is 13.4. The number of amidine groups is 1. The van der Waals surface area contributed by atoms with E-state index in [1.807, 2.05) is 54.7 Å². The predicted octanol–water partition coefficient (Wildman–Crippen LogP) is 12.0. The molecule has 0 amide bonds. The summed E-state index contributed by atoms with van der Waals surface area (Å²) in [5.74, 6) is 0.924. The van der Waals surface area contributed by atoms with Crippen LogP contribution in [0.1, 0.15) is 41.5 Å². The van der Waals surface area contributed by atoms with Crippen molar-refractivity contribution in [1.29, 1.82) is 0 Å². The Morgan fingerprint density at radius 2 is 1.38 bits per heavy atom. The summed E-state index contributed by atoms with van der Waals surface area (Å²) in [5, 5.41) is 8.79. The fraction of sp³-hybridized carbons (Fsp3) is 0.0755. The number of benzene rings is 7. The fourth-order valence-electron chi connectivity index (χ4n) is 9.78. The quantitative estimate of drug-likeness (QED) is 0.107. The monoisotopic (exact) mass is 773 g/mol. The summed E-state index contributed by atoms with van der Waals surface area (Å²) in [7, 11) is 0. The van der Waals surface area contributed by atoms with Gasteiger partial charge in [0.2, 0.25) is 5.96 Å². The molecule has 286 valence electrons. The molecule has 1 aliphatic rings. The second-order valence-electron chi connectivity index (χ2n) is 15.8. The minimum absolute atomic E-state index is 0.0107. The van der Waals surface area contributed by atoms with E-state index in [2.05, 4.69) is 153 Å². The third-order valence-electron chi connectivity index (χ3n) is 12.4. The molecule has 4 heterocycles. The number of para-hydroxylation sites is 3. The molecule has 60 heavy (non-hydrogen) atoms. The van der Waals surface area contributed by atoms with Gasteiger partial charge < -0.3 is 14.9 Å². The van der Waals surface area contributed by atoms with E-state index in [-0.39, 0.29) is 12.1 Å². The molecule has 0 bridgehead atoms. The van der Waals surface area contributed by atoms with Gasteiger partial charge in [0.15, 0.2) is 0 Å². The zero-order chi connectivity index (χ0) is 39.9. The van der Waals surface area contributed by atoms with Crippen LogP contribution in [-0.2, 0) is 6.42 Å². The Labute approximate surface area is 346 Å². The molecule has 12 rings (SSSR count). The lowest BCUT2D eigenvalue weighted by molar-refractivity contribution is 0.637. The molecule has 11 aromatic rings. The molecule has 0 radical (unpaired) electrons. The lowest BCUT2D eigenvalue weighted by Gasteiger charge is -2.23. The first-order valence-corrected chi connectivity index (χ1v) is 20.6. The number of hydrogen-bond acceptors (Lipinski definition) is 2. The van der Waals surface area contributed by atoms with Crippen LogP contribution in [0.5, 0.6) is 0 Å². The molecule has 0 fully saturated rings. The van der Waals surface area contributed by atoms with E-state index in [0.717, 1.165) is 34.6 Å². The van der Waals surface area contributed by atoms with E-state index in [4.69, 9.17) is 15.7 Å². The van der Waals surface area contributed by atoms with Crippen LogP contribution in [0.3, 0.4) is 0 Å². The Hall–Kier alpha value is -7.77. The zero-order valence-electron chi connectivity index (χ0n) is 32.9. The van der Waals surface area contributed by atoms with Crippen molar-refractivity contribution >= 4 is 83.2 Å². The summed E-state index contributed by atoms with van der Waals surface area (Å²) < 4.78 is 7.29. The maximum Gasteiger partial charge on any atom is 0.232 e. The highest BCUT2D eigenvalue weighted by molar-refractivity contribution is 6.32. The zero-order valence-corrected chi connectivity index (χ0v) is 32.9. The van der Waals surface area contributed by atoms with E-state index in [0.29, 0.717) is 11.8 Å². The Morgan fingerprint density at radius 1 is 0.667 bits per heavy atom. The van der Waals surface area contributed by atoms with Crippen LogP contribution in [0.2, 0.25) is 0 Å². The van der Waals surface area contributed by atoms with Gasteiger partial charge in [0.25, 0.3) is 0 Å². The maximum absolute atomic E-state index is 6.80. The second-order valence-corrected chi connectivity index (χ2v) is 15.8. The van der Waals surface area contributed by atoms with E-state index < -0.39 is 0 Å². The summed E-state index contributed by atoms with van der Waals surface area (Å²) in [6, 6.07) is 57.6. The standard InChI is InChI=1S/C53H39N7/c1-33(43-22-12-13-30-55-43)56-53(57-52(54)35-15-4-2-5-16-35)60-45-24-11-8-20-39(45)41-32-38(28-29-46(41)60)59-47-25-14-17-34-26-27-36-31-42-40-21-9-10-23-44(40)58(37-18-6-3-7-19-37)50(42)51(59)49(36)48(34)47/h2-31,33,38H,32H2,1H3,(H2,54,56,57). The molecular formula is C53H39N7. The van der Waals surface area contributed by atoms with Gasteiger partial charge in [0, 0.05) is 44.4 Å². The van der Waals surface area contributed by atoms with Crippen molar-refractivity contribution in [2.45, 2.75) is 25.4 Å². The summed E-state index contributed by atoms with van der Waals surface area (Å²) in [6.07, 6.45) is 7.25. The predicted molar refractivity (Wildman–Crippen MR) is 249 cm³/mol. The van der Waals surface area contributed by atoms with Crippen molar-refractivity contribution < 1.29 is 0 Å². The molecule has 0 saturated carbocycles. The van der Waals surface area contributed by atoms with Crippen LogP contribution < -0.4 is 5.73 Å². The number of pyridine rings is 1. The molecule has 7 nitrogen and oxygen atoms in total. The average Bonchev–Trinajstić information content (AvgIpc) is 3.95. The fourth-order valence-corrected chi connectivity index (χ4v) is 9.78. The van der Waals surface area contributed by atoms with Crippen LogP contribution in [0.4, 0.5) is 0 Å². The van der Waals surface area contributed by atoms with Crippen molar-refractivity contribution in [3.63, 3.8) is 0 Å². The van der Waals surface area contributed by atoms with Gasteiger partial charge in [-0.2, -0.15) is 4.99 Å². The Balaban J connectivity index is 1.12. The van der Waals surface area contributed by atoms with E-state index in [1.165, 1.54) is 65.3 Å². The number of aliphatic imine (C=N–C) groups is 2. The highest BCUT2D eigenvalue weighted by Crippen LogP contribution is 2.47. The van der Waals surface area contributed by atoms with Crippen molar-refractivity contribution in [2.75, 3.05) is 0 Å². The number of nitrogens with two attached hydrogens (primary N) is 1. The number of fused-ring (bicyclic) bond motifs is 7. The van der Waals surface area contributed by atoms with E-state index >= 15 is 0 Å². The molecule has 2 N–H and O–H groups in total. The van der Waals surface area contributed by atoms with Gasteiger partial charge in [-0.15, -0.1) is 0 Å². The van der Waals surface area contributed by atoms with Gasteiger partial charge in [0.05, 0.1) is 51.1 Å². The minimum atomic E-state index is -0.270. The Kier molecular flexibility index (Phi) is 7.65. The molecule has 7 aromatic carbocycles. The van der Waals surface area contributed by atoms with Crippen molar-refractivity contribution in [1.82, 2.24) is 18.7 Å². The first-order valence-electron chi connectivity index (χ1n) is 20.6. The van der Waals surface area contributed by atoms with Crippen LogP contribution in [0.25, 0.3) is 77.1 Å². The number of hydrogen-bond donors (Lipinski definition) is 1. The highest BCUT2D eigenvalue weighted by Gasteiger charge is 2.30. The van der Waals surface area contributed by atoms with Crippen molar-refractivity contribution in [2.24, 2.45) is 15.7 Å². The molecule has 1 aliphatic carbocycles. The Bertz CT molecular complexity index is 3530. The van der Waals surface area contributed by atoms with Crippen molar-refractivity contribution in [3.05, 3.63) is 199 Å². The van der Waals surface area contributed by atoms with E-state index in [9.17, 15) is 0 Å². The third kappa shape index (κ3) is 5.12. The minimum Gasteiger partial charge on any atom is -0.383 e. The molecule has 4 aromatic heterocycles. The molecular weight excluding hydrogens is 735 g/mol. The number of rotatable bonds is 5. The van der Waals surface area contributed by atoms with Gasteiger partial charge in [-0.1, -0.05) is 121 Å². The Morgan fingerprint density at radius 3 is 2.20 bits per heavy atom. The summed E-state index contributed by atoms with van der Waals surface area (Å²) in [4.78, 5) is 15.0. The van der Waals surface area contributed by atoms with Gasteiger partial charge in [-0.3, -0.25) is 9.55 Å². The lowest BCUT2D eigenvalue weighted by Crippen LogP contribution is -2.21. The van der Waals surface area contributed by atoms with Crippen LogP contribution in [0, 0.1) is 0 Å². The van der Waals surface area contributed by atoms with Gasteiger partial charge >= 0.3 is 0 Å². The largest absolute Gasteiger partial charge is 0.383 e. The molecule has 0 saturated heterocycles. The number of allylic oxidation sites excluding steroid dienone is 1. The van der Waals surface area contributed by atoms with E-state index in [1.54, 1.807) is 0 Å². The maximum atomic E-state index is 6.80. The van der Waals surface area contributed by atoms with Gasteiger partial charge in [0.1, 0.15) is 5.84 Å². The number of nitrogens with zero attached hydrogens (tertiary/aromatic N) is 6. The molecule has 2 atom stereocenters.